The van der Waals surface area contributed by atoms with Crippen LogP contribution in [0, 0.1) is 11.8 Å². The topological polar surface area (TPSA) is 76.2 Å². The second kappa shape index (κ2) is 10.2. The van der Waals surface area contributed by atoms with E-state index in [-0.39, 0.29) is 17.4 Å². The van der Waals surface area contributed by atoms with E-state index in [4.69, 9.17) is 9.47 Å². The molecule has 0 aliphatic carbocycles. The van der Waals surface area contributed by atoms with Gasteiger partial charge in [0, 0.05) is 26.2 Å². The van der Waals surface area contributed by atoms with Crippen LogP contribution in [0.2, 0.25) is 0 Å². The van der Waals surface area contributed by atoms with Crippen LogP contribution in [0.5, 0.6) is 5.75 Å². The van der Waals surface area contributed by atoms with Gasteiger partial charge in [-0.25, -0.2) is 8.42 Å². The average Bonchev–Trinajstić information content (AvgIpc) is 2.66. The third-order valence-electron chi connectivity index (χ3n) is 4.32. The number of ether oxygens (including phenoxy) is 2. The van der Waals surface area contributed by atoms with Crippen molar-refractivity contribution in [1.29, 1.82) is 0 Å². The monoisotopic (exact) mass is 412 g/mol. The summed E-state index contributed by atoms with van der Waals surface area (Å²) in [4.78, 5) is 14.5. The molecule has 158 valence electrons. The highest BCUT2D eigenvalue weighted by Gasteiger charge is 2.26. The van der Waals surface area contributed by atoms with Gasteiger partial charge in [-0.1, -0.05) is 27.7 Å². The predicted octanol–water partition coefficient (Wildman–Crippen LogP) is 2.23. The molecule has 2 rings (SSSR count). The Morgan fingerprint density at radius 3 is 2.11 bits per heavy atom. The molecule has 0 bridgehead atoms. The van der Waals surface area contributed by atoms with Gasteiger partial charge in [0.15, 0.2) is 6.61 Å². The third kappa shape index (κ3) is 6.46. The molecule has 0 spiro atoms. The van der Waals surface area contributed by atoms with Crippen molar-refractivity contribution < 1.29 is 22.7 Å². The zero-order chi connectivity index (χ0) is 20.7. The summed E-state index contributed by atoms with van der Waals surface area (Å²) in [6.45, 7) is 11.2. The summed E-state index contributed by atoms with van der Waals surface area (Å²) in [5.74, 6) is 1.18. The first kappa shape index (κ1) is 22.6. The zero-order valence-corrected chi connectivity index (χ0v) is 18.1. The lowest BCUT2D eigenvalue weighted by Gasteiger charge is -2.26. The van der Waals surface area contributed by atoms with Crippen LogP contribution in [0.1, 0.15) is 27.7 Å². The molecule has 0 saturated carbocycles. The SMILES string of the molecule is CC(C)CN(CC(C)C)C(=O)COc1ccc(S(=O)(=O)N2CCOCC2)cc1. The number of carbonyl (C=O) groups excluding carboxylic acids is 1. The molecule has 0 aromatic heterocycles. The molecule has 28 heavy (non-hydrogen) atoms. The van der Waals surface area contributed by atoms with Crippen molar-refractivity contribution in [1.82, 2.24) is 9.21 Å². The molecule has 0 unspecified atom stereocenters. The van der Waals surface area contributed by atoms with Gasteiger partial charge >= 0.3 is 0 Å². The number of carbonyl (C=O) groups is 1. The van der Waals surface area contributed by atoms with Gasteiger partial charge in [-0.15, -0.1) is 0 Å². The van der Waals surface area contributed by atoms with E-state index in [1.807, 2.05) is 4.90 Å². The molecule has 1 aromatic rings. The largest absolute Gasteiger partial charge is 0.484 e. The van der Waals surface area contributed by atoms with E-state index in [0.29, 0.717) is 57.0 Å². The van der Waals surface area contributed by atoms with Gasteiger partial charge in [-0.05, 0) is 36.1 Å². The molecule has 7 nitrogen and oxygen atoms in total. The van der Waals surface area contributed by atoms with E-state index < -0.39 is 10.0 Å². The molecule has 1 heterocycles. The second-order valence-corrected chi connectivity index (χ2v) is 9.80. The highest BCUT2D eigenvalue weighted by atomic mass is 32.2. The minimum absolute atomic E-state index is 0.0605. The van der Waals surface area contributed by atoms with Crippen molar-refractivity contribution >= 4 is 15.9 Å². The average molecular weight is 413 g/mol. The van der Waals surface area contributed by atoms with E-state index >= 15 is 0 Å². The number of rotatable bonds is 9. The Morgan fingerprint density at radius 2 is 1.61 bits per heavy atom. The molecule has 1 aliphatic heterocycles. The molecular weight excluding hydrogens is 380 g/mol. The maximum Gasteiger partial charge on any atom is 0.260 e. The smallest absolute Gasteiger partial charge is 0.260 e. The van der Waals surface area contributed by atoms with Crippen molar-refractivity contribution in [3.8, 4) is 5.75 Å². The van der Waals surface area contributed by atoms with Crippen LogP contribution in [0.25, 0.3) is 0 Å². The van der Waals surface area contributed by atoms with Gasteiger partial charge in [-0.3, -0.25) is 4.79 Å². The summed E-state index contributed by atoms with van der Waals surface area (Å²) < 4.78 is 37.5. The minimum atomic E-state index is -3.53. The van der Waals surface area contributed by atoms with Crippen molar-refractivity contribution in [3.05, 3.63) is 24.3 Å². The molecule has 1 fully saturated rings. The Labute approximate surface area is 168 Å². The first-order valence-corrected chi connectivity index (χ1v) is 11.2. The molecular formula is C20H32N2O5S. The summed E-state index contributed by atoms with van der Waals surface area (Å²) in [5.41, 5.74) is 0. The fraction of sp³-hybridized carbons (Fsp3) is 0.650. The molecule has 8 heteroatoms. The van der Waals surface area contributed by atoms with Crippen LogP contribution in [-0.4, -0.2) is 69.5 Å². The van der Waals surface area contributed by atoms with Crippen LogP contribution in [-0.2, 0) is 19.6 Å². The number of morpholine rings is 1. The number of amides is 1. The van der Waals surface area contributed by atoms with Crippen molar-refractivity contribution in [2.24, 2.45) is 11.8 Å². The van der Waals surface area contributed by atoms with Crippen LogP contribution < -0.4 is 4.74 Å². The Hall–Kier alpha value is -1.64. The quantitative estimate of drug-likeness (QED) is 0.622. The Morgan fingerprint density at radius 1 is 1.07 bits per heavy atom. The highest BCUT2D eigenvalue weighted by molar-refractivity contribution is 7.89. The third-order valence-corrected chi connectivity index (χ3v) is 6.23. The van der Waals surface area contributed by atoms with Crippen LogP contribution in [0.4, 0.5) is 0 Å². The number of benzene rings is 1. The lowest BCUT2D eigenvalue weighted by Crippen LogP contribution is -2.40. The summed E-state index contributed by atoms with van der Waals surface area (Å²) in [6.07, 6.45) is 0. The Balaban J connectivity index is 1.97. The van der Waals surface area contributed by atoms with Gasteiger partial charge < -0.3 is 14.4 Å². The van der Waals surface area contributed by atoms with Gasteiger partial charge in [0.2, 0.25) is 10.0 Å². The molecule has 0 radical (unpaired) electrons. The zero-order valence-electron chi connectivity index (χ0n) is 17.3. The van der Waals surface area contributed by atoms with Crippen molar-refractivity contribution in [3.63, 3.8) is 0 Å². The number of nitrogens with zero attached hydrogens (tertiary/aromatic N) is 2. The summed E-state index contributed by atoms with van der Waals surface area (Å²) >= 11 is 0. The standard InChI is InChI=1S/C20H32N2O5S/c1-16(2)13-21(14-17(3)4)20(23)15-27-18-5-7-19(8-6-18)28(24,25)22-9-11-26-12-10-22/h5-8,16-17H,9-15H2,1-4H3. The maximum absolute atomic E-state index is 12.6. The first-order chi connectivity index (χ1) is 13.2. The normalized spacial score (nSPS) is 15.8. The maximum atomic E-state index is 12.6. The summed E-state index contributed by atoms with van der Waals surface area (Å²) in [5, 5.41) is 0. The molecule has 1 amide bonds. The van der Waals surface area contributed by atoms with Crippen LogP contribution >= 0.6 is 0 Å². The van der Waals surface area contributed by atoms with Crippen molar-refractivity contribution in [2.75, 3.05) is 46.0 Å². The van der Waals surface area contributed by atoms with E-state index in [1.54, 1.807) is 12.1 Å². The lowest BCUT2D eigenvalue weighted by molar-refractivity contribution is -0.134. The summed E-state index contributed by atoms with van der Waals surface area (Å²) in [7, 11) is -3.53. The predicted molar refractivity (Wildman–Crippen MR) is 108 cm³/mol. The minimum Gasteiger partial charge on any atom is -0.484 e. The van der Waals surface area contributed by atoms with Gasteiger partial charge in [0.05, 0.1) is 18.1 Å². The summed E-state index contributed by atoms with van der Waals surface area (Å²) in [6, 6.07) is 6.22. The van der Waals surface area contributed by atoms with E-state index in [2.05, 4.69) is 27.7 Å². The van der Waals surface area contributed by atoms with Gasteiger partial charge in [0.1, 0.15) is 5.75 Å². The van der Waals surface area contributed by atoms with Crippen LogP contribution in [0.3, 0.4) is 0 Å². The highest BCUT2D eigenvalue weighted by Crippen LogP contribution is 2.20. The lowest BCUT2D eigenvalue weighted by atomic mass is 10.1. The number of sulfonamides is 1. The Bertz CT molecular complexity index is 715. The molecule has 1 saturated heterocycles. The molecule has 1 aliphatic rings. The van der Waals surface area contributed by atoms with Gasteiger partial charge in [0.25, 0.3) is 5.91 Å². The fourth-order valence-corrected chi connectivity index (χ4v) is 4.45. The second-order valence-electron chi connectivity index (χ2n) is 7.86. The number of hydrogen-bond acceptors (Lipinski definition) is 5. The van der Waals surface area contributed by atoms with Crippen LogP contribution in [0.15, 0.2) is 29.2 Å². The van der Waals surface area contributed by atoms with Gasteiger partial charge in [-0.2, -0.15) is 4.31 Å². The molecule has 0 atom stereocenters. The Kier molecular flexibility index (Phi) is 8.27. The fourth-order valence-electron chi connectivity index (χ4n) is 3.04. The van der Waals surface area contributed by atoms with E-state index in [0.717, 1.165) is 0 Å². The first-order valence-electron chi connectivity index (χ1n) is 9.78. The number of hydrogen-bond donors (Lipinski definition) is 0. The molecule has 0 N–H and O–H groups in total. The van der Waals surface area contributed by atoms with E-state index in [1.165, 1.54) is 16.4 Å². The molecule has 1 aromatic carbocycles. The van der Waals surface area contributed by atoms with E-state index in [9.17, 15) is 13.2 Å². The van der Waals surface area contributed by atoms with Crippen molar-refractivity contribution in [2.45, 2.75) is 32.6 Å².